The zero-order chi connectivity index (χ0) is 16.4. The van der Waals surface area contributed by atoms with E-state index in [0.29, 0.717) is 12.5 Å². The minimum Gasteiger partial charge on any atom is -0.325 e. The average Bonchev–Trinajstić information content (AvgIpc) is 3.02. The molecule has 2 heterocycles. The Labute approximate surface area is 136 Å². The molecule has 5 heteroatoms. The second kappa shape index (κ2) is 6.46. The predicted octanol–water partition coefficient (Wildman–Crippen LogP) is 2.54. The smallest absolute Gasteiger partial charge is 0.184 e. The largest absolute Gasteiger partial charge is 0.325 e. The molecule has 23 heavy (non-hydrogen) atoms. The molecule has 0 atom stereocenters. The van der Waals surface area contributed by atoms with Crippen molar-refractivity contribution >= 4 is 11.5 Å². The van der Waals surface area contributed by atoms with E-state index in [1.165, 1.54) is 0 Å². The highest BCUT2D eigenvalue weighted by Gasteiger charge is 2.20. The number of benzene rings is 1. The normalized spacial score (nSPS) is 14.1. The fourth-order valence-corrected chi connectivity index (χ4v) is 2.74. The molecular weight excluding hydrogens is 288 g/mol. The Morgan fingerprint density at radius 3 is 2.83 bits per heavy atom. The number of ketones is 1. The van der Waals surface area contributed by atoms with Gasteiger partial charge in [-0.3, -0.25) is 14.5 Å². The summed E-state index contributed by atoms with van der Waals surface area (Å²) in [7, 11) is 0. The van der Waals surface area contributed by atoms with Crippen LogP contribution in [0.1, 0.15) is 36.2 Å². The van der Waals surface area contributed by atoms with E-state index in [-0.39, 0.29) is 12.3 Å². The predicted molar refractivity (Wildman–Crippen MR) is 91.9 cm³/mol. The van der Waals surface area contributed by atoms with E-state index in [9.17, 15) is 4.79 Å². The summed E-state index contributed by atoms with van der Waals surface area (Å²) >= 11 is 0. The molecule has 1 aliphatic heterocycles. The van der Waals surface area contributed by atoms with Gasteiger partial charge in [-0.25, -0.2) is 0 Å². The average molecular weight is 310 g/mol. The van der Waals surface area contributed by atoms with Gasteiger partial charge in [0.15, 0.2) is 5.78 Å². The third-order valence-electron chi connectivity index (χ3n) is 4.14. The van der Waals surface area contributed by atoms with Crippen LogP contribution in [0.15, 0.2) is 35.6 Å². The third-order valence-corrected chi connectivity index (χ3v) is 4.14. The molecule has 0 fully saturated rings. The van der Waals surface area contributed by atoms with Crippen LogP contribution in [-0.2, 0) is 6.54 Å². The maximum absolute atomic E-state index is 12.0. The van der Waals surface area contributed by atoms with Crippen molar-refractivity contribution in [2.24, 2.45) is 16.6 Å². The molecule has 0 spiro atoms. The van der Waals surface area contributed by atoms with Gasteiger partial charge in [-0.2, -0.15) is 5.10 Å². The molecule has 5 nitrogen and oxygen atoms in total. The zero-order valence-electron chi connectivity index (χ0n) is 13.6. The summed E-state index contributed by atoms with van der Waals surface area (Å²) in [5.74, 6) is 0.706. The number of aromatic nitrogens is 2. The Morgan fingerprint density at radius 1 is 1.26 bits per heavy atom. The minimum atomic E-state index is 0.0522. The maximum atomic E-state index is 12.0. The molecule has 0 saturated heterocycles. The van der Waals surface area contributed by atoms with Crippen molar-refractivity contribution in [1.29, 1.82) is 0 Å². The highest BCUT2D eigenvalue weighted by Crippen LogP contribution is 2.25. The molecule has 120 valence electrons. The van der Waals surface area contributed by atoms with Crippen LogP contribution in [0.25, 0.3) is 11.1 Å². The van der Waals surface area contributed by atoms with Gasteiger partial charge in [0.05, 0.1) is 11.9 Å². The SMILES string of the molecule is CC(C)CCn1cc(-c2ccc3c(c2)C(CN)=NCC3=O)cn1. The van der Waals surface area contributed by atoms with Crippen LogP contribution in [0, 0.1) is 5.92 Å². The topological polar surface area (TPSA) is 73.3 Å². The molecule has 3 rings (SSSR count). The third kappa shape index (κ3) is 3.24. The monoisotopic (exact) mass is 310 g/mol. The Hall–Kier alpha value is -2.27. The number of carbonyl (C=O) groups excluding carboxylic acids is 1. The lowest BCUT2D eigenvalue weighted by molar-refractivity contribution is 0.1000. The van der Waals surface area contributed by atoms with E-state index >= 15 is 0 Å². The molecule has 1 aliphatic rings. The first-order chi connectivity index (χ1) is 11.1. The van der Waals surface area contributed by atoms with Gasteiger partial charge in [-0.1, -0.05) is 26.0 Å². The van der Waals surface area contributed by atoms with Crippen LogP contribution >= 0.6 is 0 Å². The molecule has 1 aromatic heterocycles. The molecule has 0 unspecified atom stereocenters. The van der Waals surface area contributed by atoms with Crippen LogP contribution in [0.4, 0.5) is 0 Å². The van der Waals surface area contributed by atoms with Gasteiger partial charge in [0.1, 0.15) is 6.54 Å². The van der Waals surface area contributed by atoms with E-state index in [1.54, 1.807) is 0 Å². The number of hydrogen-bond acceptors (Lipinski definition) is 4. The number of rotatable bonds is 5. The number of nitrogens with zero attached hydrogens (tertiary/aromatic N) is 3. The second-order valence-electron chi connectivity index (χ2n) is 6.33. The number of aliphatic imine (C=N–C) groups is 1. The molecule has 1 aromatic carbocycles. The van der Waals surface area contributed by atoms with Crippen LogP contribution < -0.4 is 5.73 Å². The molecule has 0 saturated carbocycles. The highest BCUT2D eigenvalue weighted by molar-refractivity contribution is 6.16. The quantitative estimate of drug-likeness (QED) is 0.922. The highest BCUT2D eigenvalue weighted by atomic mass is 16.1. The van der Waals surface area contributed by atoms with E-state index in [4.69, 9.17) is 5.73 Å². The molecule has 2 aromatic rings. The standard InChI is InChI=1S/C18H22N4O/c1-12(2)5-6-22-11-14(9-21-22)13-3-4-15-16(7-13)17(8-19)20-10-18(15)23/h3-4,7,9,11-12H,5-6,8,10,19H2,1-2H3. The van der Waals surface area contributed by atoms with Crippen LogP contribution in [0.2, 0.25) is 0 Å². The first-order valence-corrected chi connectivity index (χ1v) is 8.02. The van der Waals surface area contributed by atoms with E-state index in [2.05, 4.69) is 23.9 Å². The first-order valence-electron chi connectivity index (χ1n) is 8.02. The Morgan fingerprint density at radius 2 is 2.09 bits per heavy atom. The number of Topliss-reactive ketones (excluding diaryl/α,β-unsaturated/α-hetero) is 1. The summed E-state index contributed by atoms with van der Waals surface area (Å²) in [5.41, 5.74) is 10.2. The fourth-order valence-electron chi connectivity index (χ4n) is 2.74. The van der Waals surface area contributed by atoms with Crippen LogP contribution in [-0.4, -0.2) is 34.4 Å². The van der Waals surface area contributed by atoms with Crippen molar-refractivity contribution in [3.8, 4) is 11.1 Å². The molecule has 0 bridgehead atoms. The number of carbonyl (C=O) groups is 1. The van der Waals surface area contributed by atoms with Gasteiger partial charge in [0.2, 0.25) is 0 Å². The van der Waals surface area contributed by atoms with Crippen molar-refractivity contribution in [1.82, 2.24) is 9.78 Å². The minimum absolute atomic E-state index is 0.0522. The van der Waals surface area contributed by atoms with Crippen molar-refractivity contribution < 1.29 is 4.79 Å². The Balaban J connectivity index is 1.90. The number of fused-ring (bicyclic) bond motifs is 1. The van der Waals surface area contributed by atoms with E-state index in [0.717, 1.165) is 40.9 Å². The molecule has 2 N–H and O–H groups in total. The lowest BCUT2D eigenvalue weighted by Crippen LogP contribution is -2.24. The summed E-state index contributed by atoms with van der Waals surface area (Å²) in [4.78, 5) is 16.3. The summed E-state index contributed by atoms with van der Waals surface area (Å²) in [6.45, 7) is 5.87. The Kier molecular flexibility index (Phi) is 4.39. The van der Waals surface area contributed by atoms with Crippen molar-refractivity contribution in [2.45, 2.75) is 26.8 Å². The molecule has 0 aliphatic carbocycles. The summed E-state index contributed by atoms with van der Waals surface area (Å²) in [6.07, 6.45) is 5.02. The summed E-state index contributed by atoms with van der Waals surface area (Å²) in [6, 6.07) is 5.85. The van der Waals surface area contributed by atoms with Gasteiger partial charge in [-0.05, 0) is 24.0 Å². The van der Waals surface area contributed by atoms with Gasteiger partial charge in [0, 0.05) is 36.0 Å². The number of nitrogens with two attached hydrogens (primary N) is 1. The van der Waals surface area contributed by atoms with Crippen LogP contribution in [0.3, 0.4) is 0 Å². The van der Waals surface area contributed by atoms with Crippen molar-refractivity contribution in [3.05, 3.63) is 41.7 Å². The lowest BCUT2D eigenvalue weighted by Gasteiger charge is -2.15. The van der Waals surface area contributed by atoms with E-state index in [1.807, 2.05) is 35.3 Å². The maximum Gasteiger partial charge on any atom is 0.184 e. The zero-order valence-corrected chi connectivity index (χ0v) is 13.6. The van der Waals surface area contributed by atoms with Gasteiger partial charge in [0.25, 0.3) is 0 Å². The lowest BCUT2D eigenvalue weighted by atomic mass is 9.93. The van der Waals surface area contributed by atoms with Crippen molar-refractivity contribution in [3.63, 3.8) is 0 Å². The fraction of sp³-hybridized carbons (Fsp3) is 0.389. The molecule has 0 amide bonds. The van der Waals surface area contributed by atoms with Crippen molar-refractivity contribution in [2.75, 3.05) is 13.1 Å². The van der Waals surface area contributed by atoms with Gasteiger partial charge in [-0.15, -0.1) is 0 Å². The first kappa shape index (κ1) is 15.6. The van der Waals surface area contributed by atoms with E-state index < -0.39 is 0 Å². The van der Waals surface area contributed by atoms with Crippen LogP contribution in [0.5, 0.6) is 0 Å². The number of hydrogen-bond donors (Lipinski definition) is 1. The Bertz CT molecular complexity index is 758. The molecule has 0 radical (unpaired) electrons. The van der Waals surface area contributed by atoms with Gasteiger partial charge >= 0.3 is 0 Å². The number of aryl methyl sites for hydroxylation is 1. The summed E-state index contributed by atoms with van der Waals surface area (Å²) < 4.78 is 1.97. The van der Waals surface area contributed by atoms with Gasteiger partial charge < -0.3 is 5.73 Å². The second-order valence-corrected chi connectivity index (χ2v) is 6.33. The summed E-state index contributed by atoms with van der Waals surface area (Å²) in [5, 5.41) is 4.43. The molecular formula is C18H22N4O.